The summed E-state index contributed by atoms with van der Waals surface area (Å²) < 4.78 is 32.2. The van der Waals surface area contributed by atoms with Crippen LogP contribution in [0.2, 0.25) is 0 Å². The molecule has 0 radical (unpaired) electrons. The number of nitrogens with one attached hydrogen (secondary N) is 1. The summed E-state index contributed by atoms with van der Waals surface area (Å²) in [4.78, 5) is 15.3. The molecule has 1 N–H and O–H groups in total. The van der Waals surface area contributed by atoms with E-state index >= 15 is 0 Å². The van der Waals surface area contributed by atoms with Crippen LogP contribution in [0.25, 0.3) is 0 Å². The average molecular weight is 500 g/mol. The van der Waals surface area contributed by atoms with Gasteiger partial charge in [0.25, 0.3) is 5.91 Å². The van der Waals surface area contributed by atoms with Gasteiger partial charge in [-0.15, -0.1) is 0 Å². The van der Waals surface area contributed by atoms with Gasteiger partial charge in [0.15, 0.2) is 24.0 Å². The van der Waals surface area contributed by atoms with Crippen molar-refractivity contribution in [2.45, 2.75) is 106 Å². The zero-order chi connectivity index (χ0) is 24.8. The van der Waals surface area contributed by atoms with Crippen LogP contribution in [-0.2, 0) is 28.5 Å². The summed E-state index contributed by atoms with van der Waals surface area (Å²) in [7, 11) is 3.99. The summed E-state index contributed by atoms with van der Waals surface area (Å²) in [5.74, 6) is -1.69. The molecule has 1 amide bonds. The highest BCUT2D eigenvalue weighted by molar-refractivity contribution is 5.85. The Morgan fingerprint density at radius 1 is 0.861 bits per heavy atom. The van der Waals surface area contributed by atoms with Crippen LogP contribution in [0, 0.1) is 0 Å². The lowest BCUT2D eigenvalue weighted by Crippen LogP contribution is -2.59. The molecule has 0 unspecified atom stereocenters. The third-order valence-corrected chi connectivity index (χ3v) is 8.17. The predicted molar refractivity (Wildman–Crippen MR) is 133 cm³/mol. The standard InChI is InChI=1S/C27H37N3O6/c1-30(2)19-11-9-18(10-12-19)17-28-29-24(31)22-20-21(34-26(33-20)13-5-3-6-14-26)23-25(32-22)36-27(35-23)15-7-4-8-16-27/h9-12,17,20-23,25H,3-8,13-16H2,1-2H3,(H,29,31)/b28-17-/t20-,21+,22+,23-,25-/m1/s1. The molecule has 5 fully saturated rings. The third-order valence-electron chi connectivity index (χ3n) is 8.17. The summed E-state index contributed by atoms with van der Waals surface area (Å²) in [6.07, 6.45) is 8.54. The van der Waals surface area contributed by atoms with Crippen molar-refractivity contribution in [3.63, 3.8) is 0 Å². The second kappa shape index (κ2) is 9.68. The van der Waals surface area contributed by atoms with Gasteiger partial charge in [-0.1, -0.05) is 25.0 Å². The molecule has 1 aromatic carbocycles. The number of anilines is 1. The van der Waals surface area contributed by atoms with Gasteiger partial charge in [0.1, 0.15) is 18.3 Å². The molecule has 2 saturated carbocycles. The molecule has 2 spiro atoms. The van der Waals surface area contributed by atoms with Gasteiger partial charge in [-0.05, 0) is 43.4 Å². The maximum Gasteiger partial charge on any atom is 0.272 e. The Labute approximate surface area is 212 Å². The number of carbonyl (C=O) groups excluding carboxylic acids is 1. The Bertz CT molecular complexity index is 970. The lowest BCUT2D eigenvalue weighted by Gasteiger charge is -2.36. The Hall–Kier alpha value is -2.04. The molecule has 6 rings (SSSR count). The summed E-state index contributed by atoms with van der Waals surface area (Å²) in [5.41, 5.74) is 4.64. The second-order valence-electron chi connectivity index (χ2n) is 11.0. The molecule has 3 saturated heterocycles. The zero-order valence-electron chi connectivity index (χ0n) is 21.2. The second-order valence-corrected chi connectivity index (χ2v) is 11.0. The number of amides is 1. The first kappa shape index (κ1) is 24.3. The minimum absolute atomic E-state index is 0.366. The zero-order valence-corrected chi connectivity index (χ0v) is 21.2. The topological polar surface area (TPSA) is 90.9 Å². The Morgan fingerprint density at radius 3 is 2.08 bits per heavy atom. The number of rotatable bonds is 4. The number of benzene rings is 1. The summed E-state index contributed by atoms with van der Waals surface area (Å²) in [5, 5.41) is 4.19. The van der Waals surface area contributed by atoms with Crippen LogP contribution in [-0.4, -0.2) is 68.5 Å². The van der Waals surface area contributed by atoms with E-state index in [2.05, 4.69) is 10.5 Å². The highest BCUT2D eigenvalue weighted by Gasteiger charge is 2.65. The van der Waals surface area contributed by atoms with Crippen molar-refractivity contribution in [1.29, 1.82) is 0 Å². The van der Waals surface area contributed by atoms with Crippen LogP contribution < -0.4 is 10.3 Å². The van der Waals surface area contributed by atoms with Crippen LogP contribution in [0.3, 0.4) is 0 Å². The molecule has 196 valence electrons. The van der Waals surface area contributed by atoms with Crippen LogP contribution in [0.4, 0.5) is 5.69 Å². The number of hydrazone groups is 1. The molecule has 36 heavy (non-hydrogen) atoms. The van der Waals surface area contributed by atoms with Gasteiger partial charge in [-0.2, -0.15) is 5.10 Å². The molecule has 1 aromatic rings. The van der Waals surface area contributed by atoms with E-state index in [0.717, 1.165) is 62.6 Å². The number of hydrogen-bond donors (Lipinski definition) is 1. The van der Waals surface area contributed by atoms with Crippen molar-refractivity contribution < 1.29 is 28.5 Å². The lowest BCUT2D eigenvalue weighted by atomic mass is 9.94. The Morgan fingerprint density at radius 2 is 1.44 bits per heavy atom. The Balaban J connectivity index is 1.19. The van der Waals surface area contributed by atoms with Gasteiger partial charge in [-0.25, -0.2) is 5.43 Å². The van der Waals surface area contributed by atoms with Gasteiger partial charge >= 0.3 is 0 Å². The minimum Gasteiger partial charge on any atom is -0.378 e. The van der Waals surface area contributed by atoms with Crippen LogP contribution in [0.15, 0.2) is 29.4 Å². The number of ether oxygens (including phenoxy) is 5. The van der Waals surface area contributed by atoms with Crippen LogP contribution in [0.5, 0.6) is 0 Å². The van der Waals surface area contributed by atoms with E-state index in [4.69, 9.17) is 23.7 Å². The summed E-state index contributed by atoms with van der Waals surface area (Å²) >= 11 is 0. The molecule has 0 aromatic heterocycles. The minimum atomic E-state index is -0.895. The van der Waals surface area contributed by atoms with Gasteiger partial charge in [0.2, 0.25) is 0 Å². The average Bonchev–Trinajstić information content (AvgIpc) is 3.42. The number of fused-ring (bicyclic) bond motifs is 3. The maximum absolute atomic E-state index is 13.3. The van der Waals surface area contributed by atoms with Crippen molar-refractivity contribution in [3.05, 3.63) is 29.8 Å². The molecule has 3 heterocycles. The third kappa shape index (κ3) is 4.56. The predicted octanol–water partition coefficient (Wildman–Crippen LogP) is 3.45. The molecular weight excluding hydrogens is 462 g/mol. The quantitative estimate of drug-likeness (QED) is 0.501. The van der Waals surface area contributed by atoms with Crippen molar-refractivity contribution in [3.8, 4) is 0 Å². The summed E-state index contributed by atoms with van der Waals surface area (Å²) in [6, 6.07) is 7.92. The smallest absolute Gasteiger partial charge is 0.272 e. The highest BCUT2D eigenvalue weighted by Crippen LogP contribution is 2.50. The van der Waals surface area contributed by atoms with Crippen molar-refractivity contribution in [1.82, 2.24) is 5.43 Å². The molecule has 2 aliphatic carbocycles. The summed E-state index contributed by atoms with van der Waals surface area (Å²) in [6.45, 7) is 0. The maximum atomic E-state index is 13.3. The van der Waals surface area contributed by atoms with E-state index in [1.165, 1.54) is 12.8 Å². The van der Waals surface area contributed by atoms with Gasteiger partial charge in [0.05, 0.1) is 6.21 Å². The largest absolute Gasteiger partial charge is 0.378 e. The molecule has 9 nitrogen and oxygen atoms in total. The van der Waals surface area contributed by atoms with E-state index < -0.39 is 42.3 Å². The lowest BCUT2D eigenvalue weighted by molar-refractivity contribution is -0.247. The number of carbonyl (C=O) groups is 1. The first-order chi connectivity index (χ1) is 17.5. The first-order valence-corrected chi connectivity index (χ1v) is 13.4. The van der Waals surface area contributed by atoms with Gasteiger partial charge < -0.3 is 28.6 Å². The van der Waals surface area contributed by atoms with Crippen molar-refractivity contribution >= 4 is 17.8 Å². The van der Waals surface area contributed by atoms with E-state index in [0.29, 0.717) is 0 Å². The van der Waals surface area contributed by atoms with E-state index in [1.807, 2.05) is 43.3 Å². The van der Waals surface area contributed by atoms with E-state index in [1.54, 1.807) is 6.21 Å². The molecule has 9 heteroatoms. The number of hydrogen-bond acceptors (Lipinski definition) is 8. The van der Waals surface area contributed by atoms with E-state index in [-0.39, 0.29) is 5.91 Å². The fraction of sp³-hybridized carbons (Fsp3) is 0.704. The van der Waals surface area contributed by atoms with Crippen LogP contribution >= 0.6 is 0 Å². The van der Waals surface area contributed by atoms with E-state index in [9.17, 15) is 4.79 Å². The van der Waals surface area contributed by atoms with Crippen LogP contribution in [0.1, 0.15) is 69.8 Å². The monoisotopic (exact) mass is 499 g/mol. The molecule has 0 bridgehead atoms. The number of nitrogens with zero attached hydrogens (tertiary/aromatic N) is 2. The normalized spacial score (nSPS) is 34.6. The van der Waals surface area contributed by atoms with Gasteiger partial charge in [-0.3, -0.25) is 4.79 Å². The fourth-order valence-corrected chi connectivity index (χ4v) is 6.26. The molecule has 5 aliphatic rings. The SMILES string of the molecule is CN(C)c1ccc(/C=N\NC(=O)[C@H]2O[C@@H]3OC4(CCCCC4)O[C@@H]3[C@H]3OC4(CCCCC4)O[C@H]32)cc1. The van der Waals surface area contributed by atoms with Crippen molar-refractivity contribution in [2.24, 2.45) is 5.10 Å². The molecule has 3 aliphatic heterocycles. The Kier molecular flexibility index (Phi) is 6.54. The fourth-order valence-electron chi connectivity index (χ4n) is 6.26. The molecule has 5 atom stereocenters. The van der Waals surface area contributed by atoms with Crippen molar-refractivity contribution in [2.75, 3.05) is 19.0 Å². The molecular formula is C27H37N3O6. The van der Waals surface area contributed by atoms with Gasteiger partial charge in [0, 0.05) is 45.5 Å². The first-order valence-electron chi connectivity index (χ1n) is 13.4. The highest BCUT2D eigenvalue weighted by atomic mass is 16.9.